The first-order valence-electron chi connectivity index (χ1n) is 6.25. The summed E-state index contributed by atoms with van der Waals surface area (Å²) in [6.45, 7) is 1.71. The molecule has 0 saturated carbocycles. The van der Waals surface area contributed by atoms with Crippen molar-refractivity contribution in [1.29, 1.82) is 0 Å². The summed E-state index contributed by atoms with van der Waals surface area (Å²) in [6, 6.07) is 5.25. The van der Waals surface area contributed by atoms with Crippen molar-refractivity contribution >= 4 is 34.1 Å². The Hall–Kier alpha value is -1.10. The average molecular weight is 298 g/mol. The Morgan fingerprint density at radius 3 is 2.95 bits per heavy atom. The Morgan fingerprint density at radius 2 is 2.21 bits per heavy atom. The van der Waals surface area contributed by atoms with E-state index in [1.165, 1.54) is 0 Å². The van der Waals surface area contributed by atoms with Gasteiger partial charge in [-0.15, -0.1) is 0 Å². The minimum Gasteiger partial charge on any atom is -0.315 e. The van der Waals surface area contributed by atoms with Gasteiger partial charge in [-0.1, -0.05) is 17.7 Å². The Bertz CT molecular complexity index is 677. The Morgan fingerprint density at radius 1 is 1.37 bits per heavy atom. The van der Waals surface area contributed by atoms with Crippen LogP contribution in [0.25, 0.3) is 10.9 Å². The van der Waals surface area contributed by atoms with Crippen molar-refractivity contribution in [1.82, 2.24) is 14.9 Å². The number of piperidine rings is 1. The van der Waals surface area contributed by atoms with Crippen LogP contribution in [0.4, 0.5) is 0 Å². The molecule has 0 aliphatic carbocycles. The number of halogens is 2. The molecule has 1 aromatic heterocycles. The fourth-order valence-electron chi connectivity index (χ4n) is 2.55. The topological polar surface area (TPSA) is 46.9 Å². The van der Waals surface area contributed by atoms with Crippen LogP contribution in [0, 0.1) is 0 Å². The SMILES string of the molecule is O=c1c2c(Cl)cccc2nc(Cl)n1C1CCCNC1. The van der Waals surface area contributed by atoms with E-state index >= 15 is 0 Å². The molecule has 6 heteroatoms. The van der Waals surface area contributed by atoms with Gasteiger partial charge in [0.2, 0.25) is 5.28 Å². The quantitative estimate of drug-likeness (QED) is 0.823. The number of aromatic nitrogens is 2. The van der Waals surface area contributed by atoms with Gasteiger partial charge in [0, 0.05) is 6.54 Å². The number of rotatable bonds is 1. The normalized spacial score (nSPS) is 19.8. The number of nitrogens with one attached hydrogen (secondary N) is 1. The molecule has 0 spiro atoms. The number of hydrogen-bond donors (Lipinski definition) is 1. The second-order valence-corrected chi connectivity index (χ2v) is 5.44. The predicted molar refractivity (Wildman–Crippen MR) is 77.2 cm³/mol. The van der Waals surface area contributed by atoms with Crippen LogP contribution in [0.15, 0.2) is 23.0 Å². The highest BCUT2D eigenvalue weighted by atomic mass is 35.5. The molecular weight excluding hydrogens is 285 g/mol. The summed E-state index contributed by atoms with van der Waals surface area (Å²) >= 11 is 12.3. The van der Waals surface area contributed by atoms with E-state index in [0.717, 1.165) is 25.9 Å². The second kappa shape index (κ2) is 5.12. The van der Waals surface area contributed by atoms with Crippen LogP contribution in [0.2, 0.25) is 10.3 Å². The van der Waals surface area contributed by atoms with E-state index in [0.29, 0.717) is 15.9 Å². The minimum atomic E-state index is -0.158. The Labute approximate surface area is 120 Å². The molecule has 2 aromatic rings. The largest absolute Gasteiger partial charge is 0.315 e. The van der Waals surface area contributed by atoms with Gasteiger partial charge in [-0.3, -0.25) is 9.36 Å². The number of benzene rings is 1. The summed E-state index contributed by atoms with van der Waals surface area (Å²) in [5, 5.41) is 4.37. The van der Waals surface area contributed by atoms with Crippen molar-refractivity contribution in [2.45, 2.75) is 18.9 Å². The van der Waals surface area contributed by atoms with Crippen molar-refractivity contribution in [3.05, 3.63) is 38.9 Å². The average Bonchev–Trinajstić information content (AvgIpc) is 2.39. The smallest absolute Gasteiger partial charge is 0.264 e. The van der Waals surface area contributed by atoms with E-state index in [2.05, 4.69) is 10.3 Å². The molecule has 1 aliphatic rings. The molecule has 100 valence electrons. The van der Waals surface area contributed by atoms with Crippen molar-refractivity contribution in [3.63, 3.8) is 0 Å². The second-order valence-electron chi connectivity index (χ2n) is 4.69. The number of nitrogens with zero attached hydrogens (tertiary/aromatic N) is 2. The first-order chi connectivity index (χ1) is 9.18. The fourth-order valence-corrected chi connectivity index (χ4v) is 3.10. The van der Waals surface area contributed by atoms with E-state index in [1.54, 1.807) is 22.8 Å². The number of fused-ring (bicyclic) bond motifs is 1. The molecule has 1 atom stereocenters. The first-order valence-corrected chi connectivity index (χ1v) is 7.01. The minimum absolute atomic E-state index is 0.0434. The zero-order valence-electron chi connectivity index (χ0n) is 10.2. The van der Waals surface area contributed by atoms with Gasteiger partial charge in [0.1, 0.15) is 0 Å². The van der Waals surface area contributed by atoms with Crippen molar-refractivity contribution in [2.24, 2.45) is 0 Å². The number of hydrogen-bond acceptors (Lipinski definition) is 3. The lowest BCUT2D eigenvalue weighted by Crippen LogP contribution is -2.37. The highest BCUT2D eigenvalue weighted by Gasteiger charge is 2.21. The van der Waals surface area contributed by atoms with E-state index < -0.39 is 0 Å². The third kappa shape index (κ3) is 2.24. The Balaban J connectivity index is 2.24. The molecule has 4 nitrogen and oxygen atoms in total. The molecule has 1 fully saturated rings. The van der Waals surface area contributed by atoms with Crippen LogP contribution in [0.1, 0.15) is 18.9 Å². The zero-order valence-corrected chi connectivity index (χ0v) is 11.7. The molecular formula is C13H13Cl2N3O. The zero-order chi connectivity index (χ0) is 13.4. The molecule has 0 amide bonds. The van der Waals surface area contributed by atoms with E-state index in [1.807, 2.05) is 0 Å². The molecule has 0 bridgehead atoms. The standard InChI is InChI=1S/C13H13Cl2N3O/c14-9-4-1-5-10-11(9)12(19)18(13(15)17-10)8-3-2-6-16-7-8/h1,4-5,8,16H,2-3,6-7H2. The summed E-state index contributed by atoms with van der Waals surface area (Å²) < 4.78 is 1.56. The van der Waals surface area contributed by atoms with E-state index in [9.17, 15) is 4.79 Å². The third-order valence-electron chi connectivity index (χ3n) is 3.47. The fraction of sp³-hybridized carbons (Fsp3) is 0.385. The summed E-state index contributed by atoms with van der Waals surface area (Å²) in [5.41, 5.74) is 0.386. The van der Waals surface area contributed by atoms with Crippen LogP contribution in [-0.2, 0) is 0 Å². The first kappa shape index (κ1) is 12.9. The van der Waals surface area contributed by atoms with E-state index in [4.69, 9.17) is 23.2 Å². The monoisotopic (exact) mass is 297 g/mol. The van der Waals surface area contributed by atoms with Crippen molar-refractivity contribution in [2.75, 3.05) is 13.1 Å². The van der Waals surface area contributed by atoms with Gasteiger partial charge in [0.05, 0.1) is 22.0 Å². The van der Waals surface area contributed by atoms with Gasteiger partial charge < -0.3 is 5.32 Å². The van der Waals surface area contributed by atoms with Gasteiger partial charge >= 0.3 is 0 Å². The molecule has 1 aromatic carbocycles. The Kier molecular flexibility index (Phi) is 3.48. The predicted octanol–water partition coefficient (Wildman–Crippen LogP) is 2.63. The van der Waals surface area contributed by atoms with Gasteiger partial charge in [-0.2, -0.15) is 0 Å². The molecule has 1 N–H and O–H groups in total. The van der Waals surface area contributed by atoms with Crippen LogP contribution in [0.5, 0.6) is 0 Å². The van der Waals surface area contributed by atoms with Gasteiger partial charge in [-0.25, -0.2) is 4.98 Å². The summed E-state index contributed by atoms with van der Waals surface area (Å²) in [4.78, 5) is 16.9. The summed E-state index contributed by atoms with van der Waals surface area (Å²) in [6.07, 6.45) is 1.94. The molecule has 3 rings (SSSR count). The highest BCUT2D eigenvalue weighted by Crippen LogP contribution is 2.24. The van der Waals surface area contributed by atoms with Crippen LogP contribution >= 0.6 is 23.2 Å². The summed E-state index contributed by atoms with van der Waals surface area (Å²) in [7, 11) is 0. The van der Waals surface area contributed by atoms with Crippen LogP contribution < -0.4 is 10.9 Å². The van der Waals surface area contributed by atoms with Gasteiger partial charge in [-0.05, 0) is 43.1 Å². The lowest BCUT2D eigenvalue weighted by molar-refractivity contribution is 0.363. The van der Waals surface area contributed by atoms with Gasteiger partial charge in [0.15, 0.2) is 0 Å². The molecule has 19 heavy (non-hydrogen) atoms. The third-order valence-corrected chi connectivity index (χ3v) is 4.05. The maximum absolute atomic E-state index is 12.6. The van der Waals surface area contributed by atoms with Crippen molar-refractivity contribution < 1.29 is 0 Å². The maximum atomic E-state index is 12.6. The lowest BCUT2D eigenvalue weighted by atomic mass is 10.1. The molecule has 0 radical (unpaired) electrons. The van der Waals surface area contributed by atoms with Crippen molar-refractivity contribution in [3.8, 4) is 0 Å². The molecule has 2 heterocycles. The van der Waals surface area contributed by atoms with Crippen LogP contribution in [0.3, 0.4) is 0 Å². The highest BCUT2D eigenvalue weighted by molar-refractivity contribution is 6.35. The molecule has 1 unspecified atom stereocenters. The molecule has 1 saturated heterocycles. The van der Waals surface area contributed by atoms with E-state index in [-0.39, 0.29) is 16.9 Å². The summed E-state index contributed by atoms with van der Waals surface area (Å²) in [5.74, 6) is 0. The lowest BCUT2D eigenvalue weighted by Gasteiger charge is -2.25. The van der Waals surface area contributed by atoms with Gasteiger partial charge in [0.25, 0.3) is 5.56 Å². The van der Waals surface area contributed by atoms with Crippen LogP contribution in [-0.4, -0.2) is 22.6 Å². The maximum Gasteiger partial charge on any atom is 0.264 e. The molecule has 1 aliphatic heterocycles.